The van der Waals surface area contributed by atoms with Crippen molar-refractivity contribution >= 4 is 41.5 Å². The quantitative estimate of drug-likeness (QED) is 0.415. The molecular weight excluding hydrogens is 445 g/mol. The van der Waals surface area contributed by atoms with Gasteiger partial charge in [0.05, 0.1) is 24.1 Å². The number of carbonyl (C=O) groups is 1. The molecule has 0 unspecified atom stereocenters. The summed E-state index contributed by atoms with van der Waals surface area (Å²) in [6, 6.07) is 5.92. The van der Waals surface area contributed by atoms with E-state index in [0.717, 1.165) is 17.1 Å². The van der Waals surface area contributed by atoms with Gasteiger partial charge < -0.3 is 15.1 Å². The topological polar surface area (TPSA) is 78.7 Å². The van der Waals surface area contributed by atoms with Crippen molar-refractivity contribution in [1.82, 2.24) is 25.0 Å². The molecule has 1 saturated heterocycles. The van der Waals surface area contributed by atoms with E-state index in [1.165, 1.54) is 0 Å². The van der Waals surface area contributed by atoms with Gasteiger partial charge in [-0.1, -0.05) is 6.07 Å². The third-order valence-electron chi connectivity index (χ3n) is 4.11. The fourth-order valence-electron chi connectivity index (χ4n) is 2.87. The number of halogens is 1. The predicted molar refractivity (Wildman–Crippen MR) is 112 cm³/mol. The van der Waals surface area contributed by atoms with E-state index >= 15 is 0 Å². The Bertz CT molecular complexity index is 789. The number of nitrogens with zero attached hydrogens (tertiary/aromatic N) is 6. The van der Waals surface area contributed by atoms with Crippen molar-refractivity contribution in [2.45, 2.75) is 13.5 Å². The molecule has 26 heavy (non-hydrogen) atoms. The van der Waals surface area contributed by atoms with Gasteiger partial charge in [-0.05, 0) is 19.1 Å². The number of nitrogens with one attached hydrogen (secondary N) is 1. The number of piperazine rings is 1. The number of anilines is 1. The van der Waals surface area contributed by atoms with E-state index in [4.69, 9.17) is 0 Å². The highest BCUT2D eigenvalue weighted by Crippen LogP contribution is 2.16. The minimum Gasteiger partial charge on any atom is -0.351 e. The van der Waals surface area contributed by atoms with E-state index in [1.807, 2.05) is 43.3 Å². The number of aryl methyl sites for hydroxylation is 2. The van der Waals surface area contributed by atoms with Crippen LogP contribution in [0, 0.1) is 6.92 Å². The first kappa shape index (κ1) is 20.1. The highest BCUT2D eigenvalue weighted by atomic mass is 127. The van der Waals surface area contributed by atoms with E-state index < -0.39 is 0 Å². The van der Waals surface area contributed by atoms with Crippen LogP contribution in [0.5, 0.6) is 0 Å². The summed E-state index contributed by atoms with van der Waals surface area (Å²) in [7, 11) is 3.57. The zero-order valence-electron chi connectivity index (χ0n) is 15.2. The van der Waals surface area contributed by atoms with Gasteiger partial charge in [0, 0.05) is 39.1 Å². The molecule has 2 aromatic heterocycles. The van der Waals surface area contributed by atoms with Crippen LogP contribution in [0.25, 0.3) is 0 Å². The maximum atomic E-state index is 12.5. The van der Waals surface area contributed by atoms with Crippen LogP contribution in [0.1, 0.15) is 11.4 Å². The molecule has 9 heteroatoms. The first-order valence-corrected chi connectivity index (χ1v) is 8.24. The summed E-state index contributed by atoms with van der Waals surface area (Å²) in [5.74, 6) is 0.748. The van der Waals surface area contributed by atoms with Crippen molar-refractivity contribution in [3.8, 4) is 0 Å². The second kappa shape index (κ2) is 8.97. The summed E-state index contributed by atoms with van der Waals surface area (Å²) in [6.07, 6.45) is 3.56. The molecular formula is C17H24IN7O. The summed E-state index contributed by atoms with van der Waals surface area (Å²) in [6.45, 7) is 4.14. The van der Waals surface area contributed by atoms with Gasteiger partial charge in [0.2, 0.25) is 5.91 Å². The van der Waals surface area contributed by atoms with Gasteiger partial charge in [-0.25, -0.2) is 0 Å². The lowest BCUT2D eigenvalue weighted by molar-refractivity contribution is -0.120. The van der Waals surface area contributed by atoms with Crippen molar-refractivity contribution in [2.24, 2.45) is 12.0 Å². The van der Waals surface area contributed by atoms with Crippen LogP contribution in [-0.2, 0) is 18.4 Å². The fraction of sp³-hybridized carbons (Fsp3) is 0.412. The van der Waals surface area contributed by atoms with E-state index in [1.54, 1.807) is 22.8 Å². The normalized spacial score (nSPS) is 15.0. The standard InChI is InChI=1S/C17H23N7O.HI/c1-13-5-4-6-14(21-13)9-19-17(18-2)23-7-8-24(16(25)12-23)15-10-20-22(3)11-15;/h4-6,10-11H,7-9,12H2,1-3H3,(H,18,19);1H. The summed E-state index contributed by atoms with van der Waals surface area (Å²) < 4.78 is 1.70. The molecule has 0 aromatic carbocycles. The number of amides is 1. The third kappa shape index (κ3) is 4.71. The van der Waals surface area contributed by atoms with Crippen LogP contribution < -0.4 is 10.2 Å². The Morgan fingerprint density at radius 1 is 1.35 bits per heavy atom. The lowest BCUT2D eigenvalue weighted by atomic mass is 10.3. The van der Waals surface area contributed by atoms with Crippen molar-refractivity contribution in [1.29, 1.82) is 0 Å². The molecule has 0 spiro atoms. The number of pyridine rings is 1. The average Bonchev–Trinajstić information content (AvgIpc) is 3.02. The van der Waals surface area contributed by atoms with E-state index in [2.05, 4.69) is 20.4 Å². The van der Waals surface area contributed by atoms with Crippen LogP contribution >= 0.6 is 24.0 Å². The molecule has 0 aliphatic carbocycles. The molecule has 0 bridgehead atoms. The van der Waals surface area contributed by atoms with Crippen molar-refractivity contribution in [2.75, 3.05) is 31.6 Å². The highest BCUT2D eigenvalue weighted by molar-refractivity contribution is 14.0. The Kier molecular flexibility index (Phi) is 6.95. The van der Waals surface area contributed by atoms with Crippen LogP contribution in [-0.4, -0.2) is 58.2 Å². The lowest BCUT2D eigenvalue weighted by Gasteiger charge is -2.35. The first-order chi connectivity index (χ1) is 12.1. The number of rotatable bonds is 3. The second-order valence-corrected chi connectivity index (χ2v) is 6.01. The molecule has 3 rings (SSSR count). The first-order valence-electron chi connectivity index (χ1n) is 8.24. The Hall–Kier alpha value is -2.17. The van der Waals surface area contributed by atoms with E-state index in [0.29, 0.717) is 25.6 Å². The third-order valence-corrected chi connectivity index (χ3v) is 4.11. The molecule has 1 aliphatic rings. The second-order valence-electron chi connectivity index (χ2n) is 6.01. The fourth-order valence-corrected chi connectivity index (χ4v) is 2.87. The minimum atomic E-state index is 0. The monoisotopic (exact) mass is 469 g/mol. The number of aromatic nitrogens is 3. The van der Waals surface area contributed by atoms with Crippen molar-refractivity contribution in [3.05, 3.63) is 42.0 Å². The summed E-state index contributed by atoms with van der Waals surface area (Å²) in [5.41, 5.74) is 2.76. The van der Waals surface area contributed by atoms with E-state index in [9.17, 15) is 4.79 Å². The van der Waals surface area contributed by atoms with E-state index in [-0.39, 0.29) is 36.4 Å². The molecule has 1 aliphatic heterocycles. The predicted octanol–water partition coefficient (Wildman–Crippen LogP) is 1.17. The van der Waals surface area contributed by atoms with Gasteiger partial charge in [-0.3, -0.25) is 19.5 Å². The van der Waals surface area contributed by atoms with Gasteiger partial charge in [0.25, 0.3) is 0 Å². The average molecular weight is 469 g/mol. The van der Waals surface area contributed by atoms with Crippen LogP contribution in [0.2, 0.25) is 0 Å². The molecule has 0 atom stereocenters. The molecule has 0 saturated carbocycles. The van der Waals surface area contributed by atoms with Crippen molar-refractivity contribution < 1.29 is 4.79 Å². The molecule has 2 aromatic rings. The van der Waals surface area contributed by atoms with Gasteiger partial charge >= 0.3 is 0 Å². The SMILES string of the molecule is CN=C(NCc1cccc(C)n1)N1CCN(c2cnn(C)c2)C(=O)C1.I. The number of carbonyl (C=O) groups excluding carboxylic acids is 1. The van der Waals surface area contributed by atoms with Gasteiger partial charge in [-0.2, -0.15) is 5.10 Å². The van der Waals surface area contributed by atoms with Gasteiger partial charge in [-0.15, -0.1) is 24.0 Å². The van der Waals surface area contributed by atoms with Gasteiger partial charge in [0.1, 0.15) is 6.54 Å². The molecule has 3 heterocycles. The summed E-state index contributed by atoms with van der Waals surface area (Å²) >= 11 is 0. The molecule has 1 amide bonds. The summed E-state index contributed by atoms with van der Waals surface area (Å²) in [4.78, 5) is 25.0. The van der Waals surface area contributed by atoms with Gasteiger partial charge in [0.15, 0.2) is 5.96 Å². The van der Waals surface area contributed by atoms with Crippen LogP contribution in [0.4, 0.5) is 5.69 Å². The largest absolute Gasteiger partial charge is 0.351 e. The number of guanidine groups is 1. The van der Waals surface area contributed by atoms with Crippen molar-refractivity contribution in [3.63, 3.8) is 0 Å². The molecule has 8 nitrogen and oxygen atoms in total. The maximum Gasteiger partial charge on any atom is 0.246 e. The Morgan fingerprint density at radius 3 is 2.77 bits per heavy atom. The maximum absolute atomic E-state index is 12.5. The van der Waals surface area contributed by atoms with Crippen LogP contribution in [0.3, 0.4) is 0 Å². The molecule has 140 valence electrons. The Labute approximate surface area is 170 Å². The zero-order chi connectivity index (χ0) is 17.8. The minimum absolute atomic E-state index is 0. The molecule has 0 radical (unpaired) electrons. The number of hydrogen-bond acceptors (Lipinski definition) is 4. The number of hydrogen-bond donors (Lipinski definition) is 1. The lowest BCUT2D eigenvalue weighted by Crippen LogP contribution is -2.55. The molecule has 1 fully saturated rings. The Balaban J connectivity index is 0.00000243. The smallest absolute Gasteiger partial charge is 0.246 e. The summed E-state index contributed by atoms with van der Waals surface area (Å²) in [5, 5.41) is 7.42. The highest BCUT2D eigenvalue weighted by Gasteiger charge is 2.27. The van der Waals surface area contributed by atoms with Crippen LogP contribution in [0.15, 0.2) is 35.6 Å². The zero-order valence-corrected chi connectivity index (χ0v) is 17.5. The number of aliphatic imine (C=N–C) groups is 1. The molecule has 1 N–H and O–H groups in total. The Morgan fingerprint density at radius 2 is 2.15 bits per heavy atom.